The van der Waals surface area contributed by atoms with Crippen molar-refractivity contribution in [3.05, 3.63) is 42.0 Å². The highest BCUT2D eigenvalue weighted by Gasteiger charge is 2.25. The summed E-state index contributed by atoms with van der Waals surface area (Å²) in [6.45, 7) is 2.03. The number of nitrogens with zero attached hydrogens (tertiary/aromatic N) is 4. The number of halogens is 1. The summed E-state index contributed by atoms with van der Waals surface area (Å²) < 4.78 is 24.6. The number of anilines is 1. The number of ether oxygens (including phenoxy) is 2. The molecule has 1 aliphatic rings. The normalized spacial score (nSPS) is 14.5. The number of aromatic nitrogens is 2. The van der Waals surface area contributed by atoms with Crippen LogP contribution in [0.3, 0.4) is 0 Å². The lowest BCUT2D eigenvalue weighted by Crippen LogP contribution is -2.48. The summed E-state index contributed by atoms with van der Waals surface area (Å²) >= 11 is 0. The molecule has 1 unspecified atom stereocenters. The summed E-state index contributed by atoms with van der Waals surface area (Å²) in [7, 11) is 3.11. The molecule has 1 aliphatic heterocycles. The van der Waals surface area contributed by atoms with Gasteiger partial charge in [-0.1, -0.05) is 23.4 Å². The average Bonchev–Trinajstić information content (AvgIpc) is 2.71. The zero-order valence-electron chi connectivity index (χ0n) is 16.5. The minimum atomic E-state index is -0.323. The quantitative estimate of drug-likeness (QED) is 0.605. The van der Waals surface area contributed by atoms with Crippen molar-refractivity contribution < 1.29 is 23.8 Å². The molecule has 1 aromatic heterocycles. The van der Waals surface area contributed by atoms with Crippen LogP contribution in [0.1, 0.15) is 5.56 Å². The Morgan fingerprint density at radius 2 is 1.93 bits per heavy atom. The zero-order chi connectivity index (χ0) is 20.6. The van der Waals surface area contributed by atoms with Crippen LogP contribution in [0.2, 0.25) is 0 Å². The van der Waals surface area contributed by atoms with Gasteiger partial charge in [-0.3, -0.25) is 0 Å². The van der Waals surface area contributed by atoms with Crippen molar-refractivity contribution in [1.29, 1.82) is 0 Å². The SMILES string of the molecule is COCc1cccc(-c2cnc(N3CC(=NOCC(CO)COC)C3)nc2)c1F. The van der Waals surface area contributed by atoms with Crippen LogP contribution in [0.25, 0.3) is 11.1 Å². The first-order valence-corrected chi connectivity index (χ1v) is 9.27. The maximum atomic E-state index is 14.6. The van der Waals surface area contributed by atoms with Crippen LogP contribution in [-0.2, 0) is 20.9 Å². The van der Waals surface area contributed by atoms with Gasteiger partial charge in [0, 0.05) is 49.2 Å². The molecule has 0 radical (unpaired) electrons. The highest BCUT2D eigenvalue weighted by molar-refractivity contribution is 5.98. The second-order valence-corrected chi connectivity index (χ2v) is 6.80. The van der Waals surface area contributed by atoms with Gasteiger partial charge in [-0.15, -0.1) is 0 Å². The van der Waals surface area contributed by atoms with Crippen molar-refractivity contribution in [2.45, 2.75) is 6.61 Å². The fraction of sp³-hybridized carbons (Fsp3) is 0.450. The van der Waals surface area contributed by atoms with Gasteiger partial charge >= 0.3 is 0 Å². The Kier molecular flexibility index (Phi) is 7.45. The Hall–Kier alpha value is -2.62. The summed E-state index contributed by atoms with van der Waals surface area (Å²) in [6, 6.07) is 5.17. The van der Waals surface area contributed by atoms with Crippen molar-refractivity contribution in [2.75, 3.05) is 52.0 Å². The van der Waals surface area contributed by atoms with Crippen molar-refractivity contribution in [2.24, 2.45) is 11.1 Å². The zero-order valence-corrected chi connectivity index (χ0v) is 16.5. The molecule has 1 saturated heterocycles. The lowest BCUT2D eigenvalue weighted by atomic mass is 10.1. The van der Waals surface area contributed by atoms with Crippen LogP contribution in [0.4, 0.5) is 10.3 Å². The Morgan fingerprint density at radius 3 is 2.59 bits per heavy atom. The first-order valence-electron chi connectivity index (χ1n) is 9.27. The van der Waals surface area contributed by atoms with Gasteiger partial charge in [-0.25, -0.2) is 14.4 Å². The number of hydrogen-bond acceptors (Lipinski definition) is 8. The first-order chi connectivity index (χ1) is 14.2. The van der Waals surface area contributed by atoms with Crippen molar-refractivity contribution in [3.8, 4) is 11.1 Å². The molecule has 3 rings (SSSR count). The molecular weight excluding hydrogens is 379 g/mol. The summed E-state index contributed by atoms with van der Waals surface area (Å²) in [5.41, 5.74) is 2.41. The fourth-order valence-electron chi connectivity index (χ4n) is 2.91. The van der Waals surface area contributed by atoms with E-state index in [0.29, 0.717) is 48.9 Å². The topological polar surface area (TPSA) is 89.3 Å². The van der Waals surface area contributed by atoms with Gasteiger partial charge in [0.05, 0.1) is 38.6 Å². The van der Waals surface area contributed by atoms with Crippen LogP contribution in [0.5, 0.6) is 0 Å². The van der Waals surface area contributed by atoms with Crippen molar-refractivity contribution in [1.82, 2.24) is 9.97 Å². The molecule has 156 valence electrons. The Bertz CT molecular complexity index is 824. The molecule has 1 N–H and O–H groups in total. The number of rotatable bonds is 10. The molecule has 29 heavy (non-hydrogen) atoms. The molecule has 1 fully saturated rings. The molecule has 8 nitrogen and oxygen atoms in total. The molecule has 2 heterocycles. The largest absolute Gasteiger partial charge is 0.396 e. The first kappa shape index (κ1) is 21.1. The summed E-state index contributed by atoms with van der Waals surface area (Å²) in [6.07, 6.45) is 3.22. The van der Waals surface area contributed by atoms with E-state index in [0.717, 1.165) is 5.71 Å². The predicted octanol–water partition coefficient (Wildman–Crippen LogP) is 1.88. The third-order valence-corrected chi connectivity index (χ3v) is 4.52. The minimum absolute atomic E-state index is 0.0139. The Morgan fingerprint density at radius 1 is 1.17 bits per heavy atom. The standard InChI is InChI=1S/C20H25FN4O4/c1-27-11-14(10-26)12-29-24-17-8-25(9-17)20-22-6-16(7-23-20)18-5-3-4-15(13-28-2)19(18)21/h3-7,14,26H,8-13H2,1-2H3. The van der Waals surface area contributed by atoms with Gasteiger partial charge in [0.1, 0.15) is 12.4 Å². The maximum Gasteiger partial charge on any atom is 0.225 e. The van der Waals surface area contributed by atoms with E-state index in [9.17, 15) is 9.50 Å². The van der Waals surface area contributed by atoms with E-state index in [1.807, 2.05) is 4.90 Å². The number of methoxy groups -OCH3 is 2. The molecular formula is C20H25FN4O4. The second-order valence-electron chi connectivity index (χ2n) is 6.80. The third kappa shape index (κ3) is 5.26. The number of hydrogen-bond donors (Lipinski definition) is 1. The number of oxime groups is 1. The molecule has 2 aromatic rings. The molecule has 0 bridgehead atoms. The molecule has 9 heteroatoms. The lowest BCUT2D eigenvalue weighted by molar-refractivity contribution is 0.0333. The molecule has 1 aromatic carbocycles. The third-order valence-electron chi connectivity index (χ3n) is 4.52. The minimum Gasteiger partial charge on any atom is -0.396 e. The van der Waals surface area contributed by atoms with E-state index in [1.165, 1.54) is 7.11 Å². The van der Waals surface area contributed by atoms with Gasteiger partial charge in [0.15, 0.2) is 0 Å². The molecule has 1 atom stereocenters. The average molecular weight is 404 g/mol. The van der Waals surface area contributed by atoms with Gasteiger partial charge in [0.25, 0.3) is 0 Å². The summed E-state index contributed by atoms with van der Waals surface area (Å²) in [5, 5.41) is 13.3. The van der Waals surface area contributed by atoms with Gasteiger partial charge in [0.2, 0.25) is 5.95 Å². The lowest BCUT2D eigenvalue weighted by Gasteiger charge is -2.32. The van der Waals surface area contributed by atoms with Crippen LogP contribution in [-0.4, -0.2) is 67.9 Å². The Labute approximate surface area is 168 Å². The summed E-state index contributed by atoms with van der Waals surface area (Å²) in [5.74, 6) is 0.129. The molecule has 0 amide bonds. The van der Waals surface area contributed by atoms with Crippen molar-refractivity contribution >= 4 is 11.7 Å². The van der Waals surface area contributed by atoms with Crippen LogP contribution in [0.15, 0.2) is 35.7 Å². The second kappa shape index (κ2) is 10.2. The van der Waals surface area contributed by atoms with E-state index in [-0.39, 0.29) is 24.9 Å². The van der Waals surface area contributed by atoms with Crippen molar-refractivity contribution in [3.63, 3.8) is 0 Å². The maximum absolute atomic E-state index is 14.6. The van der Waals surface area contributed by atoms with Gasteiger partial charge in [-0.05, 0) is 0 Å². The highest BCUT2D eigenvalue weighted by Crippen LogP contribution is 2.25. The number of aliphatic hydroxyl groups is 1. The highest BCUT2D eigenvalue weighted by atomic mass is 19.1. The molecule has 0 aliphatic carbocycles. The van der Waals surface area contributed by atoms with E-state index in [1.54, 1.807) is 37.7 Å². The smallest absolute Gasteiger partial charge is 0.225 e. The van der Waals surface area contributed by atoms with E-state index >= 15 is 0 Å². The van der Waals surface area contributed by atoms with Gasteiger partial charge in [-0.2, -0.15) is 0 Å². The number of aliphatic hydroxyl groups excluding tert-OH is 1. The van der Waals surface area contributed by atoms with Crippen LogP contribution in [0, 0.1) is 11.7 Å². The van der Waals surface area contributed by atoms with Gasteiger partial charge < -0.3 is 24.3 Å². The Balaban J connectivity index is 1.56. The summed E-state index contributed by atoms with van der Waals surface area (Å²) in [4.78, 5) is 15.9. The van der Waals surface area contributed by atoms with Crippen LogP contribution < -0.4 is 4.90 Å². The van der Waals surface area contributed by atoms with E-state index in [2.05, 4.69) is 15.1 Å². The molecule has 0 saturated carbocycles. The van der Waals surface area contributed by atoms with E-state index in [4.69, 9.17) is 14.3 Å². The monoisotopic (exact) mass is 404 g/mol. The van der Waals surface area contributed by atoms with E-state index < -0.39 is 0 Å². The van der Waals surface area contributed by atoms with Crippen LogP contribution >= 0.6 is 0 Å². The number of benzene rings is 1. The molecule has 0 spiro atoms. The predicted molar refractivity (Wildman–Crippen MR) is 106 cm³/mol. The fourth-order valence-corrected chi connectivity index (χ4v) is 2.91.